The van der Waals surface area contributed by atoms with Gasteiger partial charge in [0.15, 0.2) is 11.6 Å². The zero-order valence-corrected chi connectivity index (χ0v) is 12.5. The maximum absolute atomic E-state index is 13.4. The van der Waals surface area contributed by atoms with Crippen molar-refractivity contribution in [3.8, 4) is 5.75 Å². The first kappa shape index (κ1) is 18.7. The Balaban J connectivity index is 0.00000361. The van der Waals surface area contributed by atoms with E-state index in [-0.39, 0.29) is 24.1 Å². The van der Waals surface area contributed by atoms with Gasteiger partial charge in [0.25, 0.3) is 0 Å². The fourth-order valence-electron chi connectivity index (χ4n) is 1.71. The maximum atomic E-state index is 13.4. The van der Waals surface area contributed by atoms with Crippen LogP contribution in [0.15, 0.2) is 18.2 Å². The van der Waals surface area contributed by atoms with Gasteiger partial charge in [-0.05, 0) is 43.5 Å². The van der Waals surface area contributed by atoms with Crippen LogP contribution < -0.4 is 15.8 Å². The third kappa shape index (κ3) is 6.73. The molecular formula is C14H22ClFN2O2. The molecule has 20 heavy (non-hydrogen) atoms. The molecule has 0 saturated heterocycles. The van der Waals surface area contributed by atoms with Gasteiger partial charge >= 0.3 is 0 Å². The van der Waals surface area contributed by atoms with Crippen molar-refractivity contribution in [2.45, 2.75) is 25.7 Å². The van der Waals surface area contributed by atoms with Gasteiger partial charge in [-0.25, -0.2) is 4.39 Å². The van der Waals surface area contributed by atoms with E-state index < -0.39 is 5.82 Å². The van der Waals surface area contributed by atoms with Crippen LogP contribution in [0.3, 0.4) is 0 Å². The smallest absolute Gasteiger partial charge is 0.220 e. The van der Waals surface area contributed by atoms with E-state index in [1.807, 2.05) is 0 Å². The molecule has 1 aromatic carbocycles. The summed E-state index contributed by atoms with van der Waals surface area (Å²) in [6.07, 6.45) is 2.67. The summed E-state index contributed by atoms with van der Waals surface area (Å²) < 4.78 is 18.3. The number of halogens is 2. The first-order chi connectivity index (χ1) is 9.17. The Hall–Kier alpha value is -1.33. The van der Waals surface area contributed by atoms with Crippen molar-refractivity contribution in [2.24, 2.45) is 5.73 Å². The van der Waals surface area contributed by atoms with E-state index in [4.69, 9.17) is 10.5 Å². The average molecular weight is 305 g/mol. The molecule has 0 aliphatic rings. The average Bonchev–Trinajstić information content (AvgIpc) is 2.41. The number of carbonyl (C=O) groups excluding carboxylic acids is 1. The standard InChI is InChI=1S/C14H21FN2O2.ClH/c1-19-13-6-4-11(10-12(13)15)5-7-14(18)17-9-3-2-8-16;/h4,6,10H,2-3,5,7-9,16H2,1H3,(H,17,18);1H. The summed E-state index contributed by atoms with van der Waals surface area (Å²) in [6, 6.07) is 4.74. The van der Waals surface area contributed by atoms with Crippen LogP contribution in [0, 0.1) is 5.82 Å². The number of methoxy groups -OCH3 is 1. The summed E-state index contributed by atoms with van der Waals surface area (Å²) in [5.74, 6) is -0.202. The van der Waals surface area contributed by atoms with Gasteiger partial charge in [0.05, 0.1) is 7.11 Å². The second-order valence-electron chi connectivity index (χ2n) is 4.31. The van der Waals surface area contributed by atoms with Crippen molar-refractivity contribution in [3.63, 3.8) is 0 Å². The monoisotopic (exact) mass is 304 g/mol. The van der Waals surface area contributed by atoms with Gasteiger partial charge in [0.2, 0.25) is 5.91 Å². The van der Waals surface area contributed by atoms with Crippen molar-refractivity contribution in [3.05, 3.63) is 29.6 Å². The Bertz CT molecular complexity index is 416. The molecule has 6 heteroatoms. The largest absolute Gasteiger partial charge is 0.494 e. The number of hydrogen-bond acceptors (Lipinski definition) is 3. The van der Waals surface area contributed by atoms with Crippen molar-refractivity contribution < 1.29 is 13.9 Å². The summed E-state index contributed by atoms with van der Waals surface area (Å²) in [5, 5.41) is 2.81. The van der Waals surface area contributed by atoms with Gasteiger partial charge in [-0.3, -0.25) is 4.79 Å². The van der Waals surface area contributed by atoms with E-state index in [2.05, 4.69) is 5.32 Å². The zero-order valence-electron chi connectivity index (χ0n) is 11.7. The van der Waals surface area contributed by atoms with E-state index in [9.17, 15) is 9.18 Å². The molecule has 0 aliphatic carbocycles. The molecule has 0 heterocycles. The lowest BCUT2D eigenvalue weighted by molar-refractivity contribution is -0.121. The number of carbonyl (C=O) groups is 1. The van der Waals surface area contributed by atoms with Gasteiger partial charge in [0.1, 0.15) is 0 Å². The molecule has 0 atom stereocenters. The Labute approximate surface area is 125 Å². The molecule has 4 nitrogen and oxygen atoms in total. The molecule has 1 amide bonds. The summed E-state index contributed by atoms with van der Waals surface area (Å²) in [6.45, 7) is 1.29. The van der Waals surface area contributed by atoms with Crippen LogP contribution in [-0.2, 0) is 11.2 Å². The summed E-state index contributed by atoms with van der Waals surface area (Å²) >= 11 is 0. The number of rotatable bonds is 8. The van der Waals surface area contributed by atoms with E-state index in [0.717, 1.165) is 18.4 Å². The lowest BCUT2D eigenvalue weighted by Crippen LogP contribution is -2.25. The number of ether oxygens (including phenoxy) is 1. The molecule has 1 aromatic rings. The van der Waals surface area contributed by atoms with Crippen molar-refractivity contribution in [1.29, 1.82) is 0 Å². The SMILES string of the molecule is COc1ccc(CCC(=O)NCCCCN)cc1F.Cl. The predicted octanol–water partition coefficient (Wildman–Crippen LogP) is 2.04. The highest BCUT2D eigenvalue weighted by Gasteiger charge is 2.05. The van der Waals surface area contributed by atoms with Crippen LogP contribution in [0.1, 0.15) is 24.8 Å². The molecule has 0 radical (unpaired) electrons. The summed E-state index contributed by atoms with van der Waals surface area (Å²) in [7, 11) is 1.42. The van der Waals surface area contributed by atoms with Gasteiger partial charge in [-0.2, -0.15) is 0 Å². The lowest BCUT2D eigenvalue weighted by Gasteiger charge is -2.06. The number of aryl methyl sites for hydroxylation is 1. The molecule has 0 spiro atoms. The first-order valence-electron chi connectivity index (χ1n) is 6.46. The number of amides is 1. The Kier molecular flexibility index (Phi) is 9.76. The zero-order chi connectivity index (χ0) is 14.1. The van der Waals surface area contributed by atoms with E-state index in [0.29, 0.717) is 25.9 Å². The summed E-state index contributed by atoms with van der Waals surface area (Å²) in [5.41, 5.74) is 6.15. The molecule has 0 saturated carbocycles. The Morgan fingerprint density at radius 1 is 1.40 bits per heavy atom. The molecule has 0 aliphatic heterocycles. The predicted molar refractivity (Wildman–Crippen MR) is 79.8 cm³/mol. The first-order valence-corrected chi connectivity index (χ1v) is 6.46. The highest BCUT2D eigenvalue weighted by molar-refractivity contribution is 5.85. The number of nitrogens with two attached hydrogens (primary N) is 1. The fraction of sp³-hybridized carbons (Fsp3) is 0.500. The number of hydrogen-bond donors (Lipinski definition) is 2. The second-order valence-corrected chi connectivity index (χ2v) is 4.31. The minimum absolute atomic E-state index is 0. The van der Waals surface area contributed by atoms with Crippen molar-refractivity contribution >= 4 is 18.3 Å². The molecular weight excluding hydrogens is 283 g/mol. The fourth-order valence-corrected chi connectivity index (χ4v) is 1.71. The van der Waals surface area contributed by atoms with E-state index >= 15 is 0 Å². The Morgan fingerprint density at radius 3 is 2.75 bits per heavy atom. The van der Waals surface area contributed by atoms with Crippen LogP contribution in [0.25, 0.3) is 0 Å². The topological polar surface area (TPSA) is 64.3 Å². The van der Waals surface area contributed by atoms with Gasteiger partial charge in [-0.1, -0.05) is 6.07 Å². The van der Waals surface area contributed by atoms with Crippen LogP contribution in [0.5, 0.6) is 5.75 Å². The summed E-state index contributed by atoms with van der Waals surface area (Å²) in [4.78, 5) is 11.5. The van der Waals surface area contributed by atoms with Gasteiger partial charge < -0.3 is 15.8 Å². The number of nitrogens with one attached hydrogen (secondary N) is 1. The third-order valence-electron chi connectivity index (χ3n) is 2.81. The minimum Gasteiger partial charge on any atom is -0.494 e. The highest BCUT2D eigenvalue weighted by atomic mass is 35.5. The lowest BCUT2D eigenvalue weighted by atomic mass is 10.1. The second kappa shape index (κ2) is 10.5. The molecule has 0 unspecified atom stereocenters. The normalized spacial score (nSPS) is 9.75. The van der Waals surface area contributed by atoms with Crippen LogP contribution in [0.2, 0.25) is 0 Å². The van der Waals surface area contributed by atoms with E-state index in [1.54, 1.807) is 12.1 Å². The molecule has 0 bridgehead atoms. The van der Waals surface area contributed by atoms with Crippen LogP contribution in [-0.4, -0.2) is 26.1 Å². The number of unbranched alkanes of at least 4 members (excludes halogenated alkanes) is 1. The third-order valence-corrected chi connectivity index (χ3v) is 2.81. The molecule has 114 valence electrons. The van der Waals surface area contributed by atoms with Crippen LogP contribution >= 0.6 is 12.4 Å². The minimum atomic E-state index is -0.400. The Morgan fingerprint density at radius 2 is 2.15 bits per heavy atom. The highest BCUT2D eigenvalue weighted by Crippen LogP contribution is 2.18. The quantitative estimate of drug-likeness (QED) is 0.722. The van der Waals surface area contributed by atoms with Crippen molar-refractivity contribution in [2.75, 3.05) is 20.2 Å². The van der Waals surface area contributed by atoms with Gasteiger partial charge in [-0.15, -0.1) is 12.4 Å². The van der Waals surface area contributed by atoms with E-state index in [1.165, 1.54) is 13.2 Å². The number of benzene rings is 1. The molecule has 3 N–H and O–H groups in total. The molecule has 1 rings (SSSR count). The molecule has 0 aromatic heterocycles. The van der Waals surface area contributed by atoms with Crippen LogP contribution in [0.4, 0.5) is 4.39 Å². The maximum Gasteiger partial charge on any atom is 0.220 e. The molecule has 0 fully saturated rings. The van der Waals surface area contributed by atoms with Crippen molar-refractivity contribution in [1.82, 2.24) is 5.32 Å². The van der Waals surface area contributed by atoms with Gasteiger partial charge in [0, 0.05) is 13.0 Å².